The number of sulfonamides is 1. The van der Waals surface area contributed by atoms with Crippen molar-refractivity contribution >= 4 is 33.0 Å². The summed E-state index contributed by atoms with van der Waals surface area (Å²) < 4.78 is 27.6. The van der Waals surface area contributed by atoms with Crippen LogP contribution in [0.3, 0.4) is 0 Å². The van der Waals surface area contributed by atoms with Crippen LogP contribution in [0.2, 0.25) is 0 Å². The van der Waals surface area contributed by atoms with Crippen LogP contribution >= 0.6 is 11.3 Å². The molecule has 1 aromatic heterocycles. The van der Waals surface area contributed by atoms with Crippen molar-refractivity contribution in [2.24, 2.45) is 0 Å². The van der Waals surface area contributed by atoms with E-state index >= 15 is 0 Å². The number of carbonyl (C=O) groups excluding carboxylic acids is 1. The van der Waals surface area contributed by atoms with Gasteiger partial charge >= 0.3 is 0 Å². The van der Waals surface area contributed by atoms with E-state index in [4.69, 9.17) is 0 Å². The quantitative estimate of drug-likeness (QED) is 0.777. The summed E-state index contributed by atoms with van der Waals surface area (Å²) in [4.78, 5) is 15.1. The molecular formula is C20H27N3O3S2. The summed E-state index contributed by atoms with van der Waals surface area (Å²) in [6.07, 6.45) is 4.01. The van der Waals surface area contributed by atoms with Gasteiger partial charge in [-0.25, -0.2) is 8.42 Å². The van der Waals surface area contributed by atoms with Crippen LogP contribution in [0.4, 0.5) is 5.69 Å². The van der Waals surface area contributed by atoms with Crippen LogP contribution in [-0.4, -0.2) is 45.8 Å². The fourth-order valence-electron chi connectivity index (χ4n) is 3.18. The summed E-state index contributed by atoms with van der Waals surface area (Å²) >= 11 is 1.23. The lowest BCUT2D eigenvalue weighted by Crippen LogP contribution is -2.31. The zero-order valence-corrected chi connectivity index (χ0v) is 18.0. The van der Waals surface area contributed by atoms with Gasteiger partial charge in [-0.1, -0.05) is 12.8 Å². The van der Waals surface area contributed by atoms with Crippen molar-refractivity contribution in [1.29, 1.82) is 0 Å². The van der Waals surface area contributed by atoms with E-state index in [2.05, 4.69) is 5.32 Å². The number of amides is 1. The first-order valence-corrected chi connectivity index (χ1v) is 11.8. The van der Waals surface area contributed by atoms with Gasteiger partial charge in [-0.3, -0.25) is 4.79 Å². The van der Waals surface area contributed by atoms with E-state index < -0.39 is 10.0 Å². The predicted molar refractivity (Wildman–Crippen MR) is 113 cm³/mol. The Morgan fingerprint density at radius 2 is 1.68 bits per heavy atom. The number of thiophene rings is 1. The fraction of sp³-hybridized carbons (Fsp3) is 0.450. The molecule has 0 aliphatic carbocycles. The van der Waals surface area contributed by atoms with Crippen molar-refractivity contribution in [2.75, 3.05) is 32.1 Å². The summed E-state index contributed by atoms with van der Waals surface area (Å²) in [5, 5.41) is 2.87. The molecule has 0 unspecified atom stereocenters. The largest absolute Gasteiger partial charge is 0.378 e. The lowest BCUT2D eigenvalue weighted by molar-refractivity contribution is 0.0951. The first-order valence-electron chi connectivity index (χ1n) is 9.52. The van der Waals surface area contributed by atoms with E-state index in [9.17, 15) is 13.2 Å². The highest BCUT2D eigenvalue weighted by molar-refractivity contribution is 7.91. The molecule has 6 nitrogen and oxygen atoms in total. The van der Waals surface area contributed by atoms with E-state index in [1.807, 2.05) is 31.1 Å². The molecule has 1 aliphatic heterocycles. The standard InChI is InChI=1S/C20H27N3O3S2/c1-22(2)17-9-7-16(8-10-17)20(24)21-15-18-11-12-19(27-18)28(25,26)23-13-5-3-4-6-14-23/h7-12H,3-6,13-15H2,1-2H3,(H,21,24). The second-order valence-corrected chi connectivity index (χ2v) is 10.5. The molecule has 0 bridgehead atoms. The Labute approximate surface area is 171 Å². The Hall–Kier alpha value is -1.90. The zero-order chi connectivity index (χ0) is 20.1. The number of carbonyl (C=O) groups is 1. The molecule has 1 amide bonds. The van der Waals surface area contributed by atoms with Gasteiger partial charge in [0.2, 0.25) is 0 Å². The number of benzene rings is 1. The predicted octanol–water partition coefficient (Wildman–Crippen LogP) is 3.31. The first kappa shape index (κ1) is 20.8. The molecule has 2 aromatic rings. The number of nitrogens with zero attached hydrogens (tertiary/aromatic N) is 2. The molecule has 1 aliphatic rings. The first-order chi connectivity index (χ1) is 13.4. The summed E-state index contributed by atoms with van der Waals surface area (Å²) in [5.41, 5.74) is 1.61. The number of anilines is 1. The minimum absolute atomic E-state index is 0.171. The minimum Gasteiger partial charge on any atom is -0.378 e. The normalized spacial score (nSPS) is 15.8. The Morgan fingerprint density at radius 3 is 2.29 bits per heavy atom. The Balaban J connectivity index is 1.61. The van der Waals surface area contributed by atoms with E-state index in [1.165, 1.54) is 11.3 Å². The summed E-state index contributed by atoms with van der Waals surface area (Å²) in [5.74, 6) is -0.171. The number of hydrogen-bond donors (Lipinski definition) is 1. The van der Waals surface area contributed by atoms with Crippen molar-refractivity contribution in [2.45, 2.75) is 36.4 Å². The number of hydrogen-bond acceptors (Lipinski definition) is 5. The lowest BCUT2D eigenvalue weighted by atomic mass is 10.2. The van der Waals surface area contributed by atoms with Crippen LogP contribution in [0, 0.1) is 0 Å². The molecule has 1 fully saturated rings. The van der Waals surface area contributed by atoms with Crippen LogP contribution in [0.5, 0.6) is 0 Å². The monoisotopic (exact) mass is 421 g/mol. The lowest BCUT2D eigenvalue weighted by Gasteiger charge is -2.18. The molecule has 28 heavy (non-hydrogen) atoms. The third kappa shape index (κ3) is 4.92. The average molecular weight is 422 g/mol. The van der Waals surface area contributed by atoms with Gasteiger partial charge < -0.3 is 10.2 Å². The molecule has 1 saturated heterocycles. The maximum absolute atomic E-state index is 12.8. The van der Waals surface area contributed by atoms with Gasteiger partial charge in [0.25, 0.3) is 15.9 Å². The minimum atomic E-state index is -3.43. The van der Waals surface area contributed by atoms with E-state index in [-0.39, 0.29) is 5.91 Å². The molecule has 0 spiro atoms. The summed E-state index contributed by atoms with van der Waals surface area (Å²) in [7, 11) is 0.461. The third-order valence-corrected chi connectivity index (χ3v) is 8.32. The van der Waals surface area contributed by atoms with Crippen molar-refractivity contribution in [3.05, 3.63) is 46.8 Å². The molecule has 1 aromatic carbocycles. The van der Waals surface area contributed by atoms with Gasteiger partial charge in [-0.2, -0.15) is 4.31 Å². The Morgan fingerprint density at radius 1 is 1.04 bits per heavy atom. The summed E-state index contributed by atoms with van der Waals surface area (Å²) in [6.45, 7) is 1.50. The molecule has 0 radical (unpaired) electrons. The molecule has 0 saturated carbocycles. The van der Waals surface area contributed by atoms with Crippen molar-refractivity contribution < 1.29 is 13.2 Å². The van der Waals surface area contributed by atoms with Gasteiger partial charge in [0.15, 0.2) is 0 Å². The third-order valence-electron chi connectivity index (χ3n) is 4.87. The van der Waals surface area contributed by atoms with Crippen LogP contribution < -0.4 is 10.2 Å². The van der Waals surface area contributed by atoms with Crippen LogP contribution in [-0.2, 0) is 16.6 Å². The highest BCUT2D eigenvalue weighted by atomic mass is 32.2. The topological polar surface area (TPSA) is 69.7 Å². The van der Waals surface area contributed by atoms with E-state index in [1.54, 1.807) is 28.6 Å². The van der Waals surface area contributed by atoms with Gasteiger partial charge in [0, 0.05) is 43.3 Å². The van der Waals surface area contributed by atoms with Crippen molar-refractivity contribution in [3.63, 3.8) is 0 Å². The van der Waals surface area contributed by atoms with Gasteiger partial charge in [-0.15, -0.1) is 11.3 Å². The molecule has 2 heterocycles. The Kier molecular flexibility index (Phi) is 6.74. The van der Waals surface area contributed by atoms with Crippen LogP contribution in [0.1, 0.15) is 40.9 Å². The van der Waals surface area contributed by atoms with Gasteiger partial charge in [0.1, 0.15) is 4.21 Å². The average Bonchev–Trinajstić information content (AvgIpc) is 3.00. The number of rotatable bonds is 6. The van der Waals surface area contributed by atoms with E-state index in [0.717, 1.165) is 36.2 Å². The maximum Gasteiger partial charge on any atom is 0.252 e. The fourth-order valence-corrected chi connectivity index (χ4v) is 6.15. The van der Waals surface area contributed by atoms with Crippen molar-refractivity contribution in [3.8, 4) is 0 Å². The molecule has 3 rings (SSSR count). The van der Waals surface area contributed by atoms with Gasteiger partial charge in [0.05, 0.1) is 6.54 Å². The molecule has 152 valence electrons. The van der Waals surface area contributed by atoms with Crippen LogP contribution in [0.25, 0.3) is 0 Å². The molecule has 0 atom stereocenters. The Bertz CT molecular complexity index is 897. The smallest absolute Gasteiger partial charge is 0.252 e. The zero-order valence-electron chi connectivity index (χ0n) is 16.3. The summed E-state index contributed by atoms with van der Waals surface area (Å²) in [6, 6.07) is 10.8. The highest BCUT2D eigenvalue weighted by Gasteiger charge is 2.26. The highest BCUT2D eigenvalue weighted by Crippen LogP contribution is 2.27. The second-order valence-electron chi connectivity index (χ2n) is 7.16. The van der Waals surface area contributed by atoms with Crippen molar-refractivity contribution in [1.82, 2.24) is 9.62 Å². The SMILES string of the molecule is CN(C)c1ccc(C(=O)NCc2ccc(S(=O)(=O)N3CCCCCC3)s2)cc1. The van der Waals surface area contributed by atoms with Gasteiger partial charge in [-0.05, 0) is 49.2 Å². The van der Waals surface area contributed by atoms with E-state index in [0.29, 0.717) is 29.4 Å². The second kappa shape index (κ2) is 9.07. The molecule has 8 heteroatoms. The number of nitrogens with one attached hydrogen (secondary N) is 1. The maximum atomic E-state index is 12.8. The molecule has 1 N–H and O–H groups in total. The molecular weight excluding hydrogens is 394 g/mol. The van der Waals surface area contributed by atoms with Crippen LogP contribution in [0.15, 0.2) is 40.6 Å².